The Morgan fingerprint density at radius 2 is 0.740 bits per heavy atom. The van der Waals surface area contributed by atoms with Crippen LogP contribution in [0.15, 0.2) is 45.6 Å². The Morgan fingerprint density at radius 1 is 0.500 bits per heavy atom. The molecule has 2 aliphatic rings. The van der Waals surface area contributed by atoms with Gasteiger partial charge in [0.25, 0.3) is 0 Å². The van der Waals surface area contributed by atoms with Crippen molar-refractivity contribution in [2.45, 2.75) is 235 Å². The Balaban J connectivity index is 0. The van der Waals surface area contributed by atoms with E-state index in [4.69, 9.17) is 10.6 Å². The molecule has 0 fully saturated rings. The molecule has 289 valence electrons. The molecule has 0 aliphatic heterocycles. The molecule has 4 heteroatoms. The molecule has 50 heavy (non-hydrogen) atoms. The molecule has 0 amide bonds. The molecule has 2 rings (SSSR count). The second kappa shape index (κ2) is 31.2. The molecular weight excluding hydrogens is 656 g/mol. The van der Waals surface area contributed by atoms with E-state index in [0.717, 1.165) is 28.2 Å². The van der Waals surface area contributed by atoms with Crippen LogP contribution in [0.25, 0.3) is 10.6 Å². The fourth-order valence-corrected chi connectivity index (χ4v) is 6.78. The predicted molar refractivity (Wildman–Crippen MR) is 229 cm³/mol. The molecule has 0 aromatic carbocycles. The van der Waals surface area contributed by atoms with Crippen LogP contribution in [0.4, 0.5) is 0 Å². The van der Waals surface area contributed by atoms with Gasteiger partial charge in [-0.15, -0.1) is 13.1 Å². The van der Waals surface area contributed by atoms with Gasteiger partial charge in [0.05, 0.1) is 0 Å². The quantitative estimate of drug-likeness (QED) is 0.0658. The van der Waals surface area contributed by atoms with Crippen molar-refractivity contribution in [3.63, 3.8) is 0 Å². The average molecular weight is 744 g/mol. The fraction of sp³-hybridized carbons (Fsp3) is 0.826. The molecule has 0 saturated heterocycles. The summed E-state index contributed by atoms with van der Waals surface area (Å²) in [6, 6.07) is 0. The van der Waals surface area contributed by atoms with Gasteiger partial charge in [-0.3, -0.25) is 0 Å². The van der Waals surface area contributed by atoms with Crippen molar-refractivity contribution in [1.29, 1.82) is 0 Å². The van der Waals surface area contributed by atoms with Crippen LogP contribution in [0.5, 0.6) is 0 Å². The topological polar surface area (TPSA) is 28.2 Å². The summed E-state index contributed by atoms with van der Waals surface area (Å²) in [6.45, 7) is 31.3. The zero-order valence-corrected chi connectivity index (χ0v) is 39.0. The minimum atomic E-state index is -0.0204. The van der Waals surface area contributed by atoms with E-state index in [1.807, 2.05) is 0 Å². The molecule has 0 N–H and O–H groups in total. The Kier molecular flexibility index (Phi) is 32.4. The number of hydrogen-bond donors (Lipinski definition) is 0. The van der Waals surface area contributed by atoms with Crippen LogP contribution in [-0.4, -0.2) is 33.7 Å². The van der Waals surface area contributed by atoms with Gasteiger partial charge >= 0.3 is 21.7 Å². The normalized spacial score (nSPS) is 20.0. The van der Waals surface area contributed by atoms with Gasteiger partial charge in [0, 0.05) is 9.52 Å². The summed E-state index contributed by atoms with van der Waals surface area (Å²) in [6.07, 6.45) is 32.5. The van der Waals surface area contributed by atoms with Crippen LogP contribution >= 0.6 is 0 Å². The van der Waals surface area contributed by atoms with Crippen LogP contribution in [0.2, 0.25) is 12.1 Å². The van der Waals surface area contributed by atoms with E-state index in [0.29, 0.717) is 0 Å². The van der Waals surface area contributed by atoms with Crippen molar-refractivity contribution in [1.82, 2.24) is 0 Å². The summed E-state index contributed by atoms with van der Waals surface area (Å²) in [7, 11) is 0.731. The van der Waals surface area contributed by atoms with E-state index >= 15 is 0 Å². The minimum Gasteiger partial charge on any atom is -0.650 e. The van der Waals surface area contributed by atoms with E-state index in [1.54, 1.807) is 0 Å². The van der Waals surface area contributed by atoms with Gasteiger partial charge in [-0.2, -0.15) is 0 Å². The van der Waals surface area contributed by atoms with Crippen molar-refractivity contribution in [2.24, 2.45) is 0 Å². The molecule has 0 bridgehead atoms. The molecule has 0 heterocycles. The van der Waals surface area contributed by atoms with E-state index in [1.165, 1.54) is 162 Å². The Morgan fingerprint density at radius 3 is 0.940 bits per heavy atom. The first-order chi connectivity index (χ1) is 23.3. The van der Waals surface area contributed by atoms with E-state index in [2.05, 4.69) is 102 Å². The minimum absolute atomic E-state index is 0. The van der Waals surface area contributed by atoms with Gasteiger partial charge in [0.2, 0.25) is 0 Å². The maximum Gasteiger partial charge on any atom is 2.00 e. The third-order valence-electron chi connectivity index (χ3n) is 11.4. The van der Waals surface area contributed by atoms with Crippen LogP contribution in [-0.2, 0) is 21.7 Å². The number of hydrogen-bond acceptors (Lipinski definition) is 0. The van der Waals surface area contributed by atoms with Gasteiger partial charge < -0.3 is 10.6 Å². The Labute approximate surface area is 333 Å². The fourth-order valence-electron chi connectivity index (χ4n) is 6.78. The van der Waals surface area contributed by atoms with Crippen LogP contribution in [0, 0.1) is 0 Å². The first-order valence-electron chi connectivity index (χ1n) is 21.2. The Bertz CT molecular complexity index is 903. The zero-order chi connectivity index (χ0) is 37.1. The average Bonchev–Trinajstić information content (AvgIpc) is 3.39. The smallest absolute Gasteiger partial charge is 0.650 e. The summed E-state index contributed by atoms with van der Waals surface area (Å²) >= 11 is 0. The number of rotatable bonds is 25. The maximum atomic E-state index is 4.97. The van der Waals surface area contributed by atoms with Gasteiger partial charge in [0.15, 0.2) is 0 Å². The summed E-state index contributed by atoms with van der Waals surface area (Å²) in [5, 5.41) is 9.94. The molecular formula is C46H87N2SiTi. The van der Waals surface area contributed by atoms with Crippen molar-refractivity contribution in [2.75, 3.05) is 13.1 Å². The molecule has 2 aliphatic carbocycles. The molecule has 0 aromatic heterocycles. The number of nitrogens with zero attached hydrogens (tertiary/aromatic N) is 2. The maximum absolute atomic E-state index is 4.97. The van der Waals surface area contributed by atoms with Gasteiger partial charge in [-0.05, 0) is 41.5 Å². The largest absolute Gasteiger partial charge is 2.00 e. The molecule has 2 unspecified atom stereocenters. The van der Waals surface area contributed by atoms with Crippen molar-refractivity contribution >= 4 is 9.52 Å². The summed E-state index contributed by atoms with van der Waals surface area (Å²) in [5.74, 6) is 0. The number of unbranched alkanes of at least 4 members (excludes halogenated alkanes) is 18. The third kappa shape index (κ3) is 22.8. The third-order valence-corrected chi connectivity index (χ3v) is 12.7. The number of allylic oxidation sites excluding steroid dienone is 4. The molecule has 2 nitrogen and oxygen atoms in total. The summed E-state index contributed by atoms with van der Waals surface area (Å²) < 4.78 is 0. The molecule has 0 aromatic rings. The predicted octanol–water partition coefficient (Wildman–Crippen LogP) is 16.0. The monoisotopic (exact) mass is 744 g/mol. The van der Waals surface area contributed by atoms with Gasteiger partial charge in [0.1, 0.15) is 0 Å². The van der Waals surface area contributed by atoms with Crippen molar-refractivity contribution in [3.05, 3.63) is 56.2 Å². The molecule has 1 radical (unpaired) electrons. The first-order valence-corrected chi connectivity index (χ1v) is 23.0. The standard InChI is InChI=1S/2C21H38N.C4H11Si.Ti/c2*1-6-7-8-9-10-11-12-13-14-15-16-22-21(5)17-18(2)19(3)20(21)4;1-4(2)5-3;/h2*17H,6-16H2,1-5H3;4-5H,1-3H3;/q2*-1;;+2. The summed E-state index contributed by atoms with van der Waals surface area (Å²) in [5.41, 5.74) is 9.51. The first kappa shape index (κ1) is 51.9. The zero-order valence-electron chi connectivity index (χ0n) is 36.3. The van der Waals surface area contributed by atoms with E-state index in [-0.39, 0.29) is 32.8 Å². The van der Waals surface area contributed by atoms with Crippen molar-refractivity contribution in [3.8, 4) is 0 Å². The van der Waals surface area contributed by atoms with Crippen molar-refractivity contribution < 1.29 is 21.7 Å². The SMILES string of the molecule is CCCCCCCCCCCC[N-]C1(C)C=C(C)C(C)=C1C.CCCCCCCCCCCC[N-]C1(C)C=C(C)C(C)=C1C.C[SiH]C(C)C.[Ti+2]. The summed E-state index contributed by atoms with van der Waals surface area (Å²) in [4.78, 5) is 0. The second-order valence-corrected chi connectivity index (χ2v) is 18.2. The van der Waals surface area contributed by atoms with Gasteiger partial charge in [-0.25, -0.2) is 0 Å². The van der Waals surface area contributed by atoms with Gasteiger partial charge in [-0.1, -0.05) is 239 Å². The van der Waals surface area contributed by atoms with E-state index in [9.17, 15) is 0 Å². The second-order valence-electron chi connectivity index (χ2n) is 16.2. The molecule has 0 saturated carbocycles. The molecule has 0 spiro atoms. The van der Waals surface area contributed by atoms with Crippen LogP contribution in [0.1, 0.15) is 212 Å². The molecule has 2 atom stereocenters. The van der Waals surface area contributed by atoms with Crippen LogP contribution < -0.4 is 0 Å². The Hall–Kier alpha value is -0.189. The van der Waals surface area contributed by atoms with E-state index < -0.39 is 0 Å². The van der Waals surface area contributed by atoms with Crippen LogP contribution in [0.3, 0.4) is 0 Å².